The minimum Gasteiger partial charge on any atom is -0.483 e. The number of methoxy groups -OCH3 is 1. The van der Waals surface area contributed by atoms with Gasteiger partial charge in [0.2, 0.25) is 11.8 Å². The SMILES string of the molecule is COC(=O)N(c1ccc(Oc2ccc(F)c(F)c2)cc1)c1ccc2c(c1OC1COC1)C(=O)N(C1CCC(=O)NC1=O)C2. The van der Waals surface area contributed by atoms with Gasteiger partial charge in [0.15, 0.2) is 17.4 Å². The second-order valence-corrected chi connectivity index (χ2v) is 10.1. The monoisotopic (exact) mass is 593 g/mol. The maximum Gasteiger partial charge on any atom is 0.418 e. The van der Waals surface area contributed by atoms with E-state index >= 15 is 0 Å². The molecule has 0 spiro atoms. The van der Waals surface area contributed by atoms with Crippen molar-refractivity contribution in [3.63, 3.8) is 0 Å². The van der Waals surface area contributed by atoms with Gasteiger partial charge in [-0.2, -0.15) is 0 Å². The lowest BCUT2D eigenvalue weighted by molar-refractivity contribution is -0.136. The van der Waals surface area contributed by atoms with Crippen LogP contribution in [0.25, 0.3) is 0 Å². The fraction of sp³-hybridized carbons (Fsp3) is 0.267. The Bertz CT molecular complexity index is 1630. The summed E-state index contributed by atoms with van der Waals surface area (Å²) in [7, 11) is 1.21. The third-order valence-corrected chi connectivity index (χ3v) is 7.34. The summed E-state index contributed by atoms with van der Waals surface area (Å²) in [5.74, 6) is -2.99. The van der Waals surface area contributed by atoms with Crippen molar-refractivity contribution in [3.8, 4) is 17.2 Å². The summed E-state index contributed by atoms with van der Waals surface area (Å²) < 4.78 is 49.1. The van der Waals surface area contributed by atoms with Crippen LogP contribution in [0.4, 0.5) is 25.0 Å². The molecule has 43 heavy (non-hydrogen) atoms. The summed E-state index contributed by atoms with van der Waals surface area (Å²) in [5, 5.41) is 2.28. The van der Waals surface area contributed by atoms with Crippen LogP contribution >= 0.6 is 0 Å². The van der Waals surface area contributed by atoms with Gasteiger partial charge in [0.25, 0.3) is 5.91 Å². The lowest BCUT2D eigenvalue weighted by Gasteiger charge is -2.31. The van der Waals surface area contributed by atoms with Crippen molar-refractivity contribution < 1.29 is 46.9 Å². The molecule has 0 aliphatic carbocycles. The van der Waals surface area contributed by atoms with Crippen LogP contribution in [-0.4, -0.2) is 61.2 Å². The molecule has 3 aromatic rings. The van der Waals surface area contributed by atoms with Crippen molar-refractivity contribution >= 4 is 35.2 Å². The Labute approximate surface area is 243 Å². The normalized spacial score (nSPS) is 18.1. The highest BCUT2D eigenvalue weighted by Gasteiger charge is 2.42. The number of nitrogens with one attached hydrogen (secondary N) is 1. The van der Waals surface area contributed by atoms with Gasteiger partial charge in [-0.1, -0.05) is 6.07 Å². The largest absolute Gasteiger partial charge is 0.483 e. The van der Waals surface area contributed by atoms with Gasteiger partial charge in [-0.3, -0.25) is 19.7 Å². The molecule has 0 radical (unpaired) electrons. The Balaban J connectivity index is 1.35. The molecule has 2 saturated heterocycles. The highest BCUT2D eigenvalue weighted by atomic mass is 19.2. The number of carbonyl (C=O) groups is 4. The summed E-state index contributed by atoms with van der Waals surface area (Å²) in [6.45, 7) is 0.678. The van der Waals surface area contributed by atoms with Crippen molar-refractivity contribution in [3.05, 3.63) is 77.4 Å². The van der Waals surface area contributed by atoms with E-state index in [1.807, 2.05) is 0 Å². The van der Waals surface area contributed by atoms with Crippen molar-refractivity contribution in [1.29, 1.82) is 0 Å². The second-order valence-electron chi connectivity index (χ2n) is 10.1. The standard InChI is InChI=1S/C30H25F2N3O8/c1-40-30(39)35(17-3-5-18(6-4-17)42-19-7-8-21(31)22(32)12-19)23-9-2-16-13-34(24-10-11-25(36)33-28(24)37)29(38)26(16)27(23)43-20-14-41-15-20/h2-9,12,20,24H,10-11,13-15H2,1H3,(H,33,36,37). The molecule has 1 atom stereocenters. The van der Waals surface area contributed by atoms with Crippen molar-refractivity contribution in [2.75, 3.05) is 25.2 Å². The Morgan fingerprint density at radius 2 is 1.74 bits per heavy atom. The topological polar surface area (TPSA) is 124 Å². The van der Waals surface area contributed by atoms with Gasteiger partial charge in [0.05, 0.1) is 37.3 Å². The van der Waals surface area contributed by atoms with Crippen molar-refractivity contribution in [2.45, 2.75) is 31.5 Å². The summed E-state index contributed by atoms with van der Waals surface area (Å²) in [6, 6.07) is 11.7. The number of hydrogen-bond donors (Lipinski definition) is 1. The van der Waals surface area contributed by atoms with E-state index in [0.717, 1.165) is 12.1 Å². The van der Waals surface area contributed by atoms with Gasteiger partial charge in [-0.05, 0) is 54.4 Å². The van der Waals surface area contributed by atoms with Crippen molar-refractivity contribution in [1.82, 2.24) is 10.2 Å². The molecule has 1 unspecified atom stereocenters. The summed E-state index contributed by atoms with van der Waals surface area (Å²) in [5.41, 5.74) is 1.33. The average Bonchev–Trinajstić information content (AvgIpc) is 3.30. The predicted molar refractivity (Wildman–Crippen MR) is 145 cm³/mol. The summed E-state index contributed by atoms with van der Waals surface area (Å²) in [6.07, 6.45) is -0.862. The molecule has 0 saturated carbocycles. The maximum atomic E-state index is 13.8. The van der Waals surface area contributed by atoms with Gasteiger partial charge >= 0.3 is 6.09 Å². The highest BCUT2D eigenvalue weighted by molar-refractivity contribution is 6.09. The van der Waals surface area contributed by atoms with Gasteiger partial charge < -0.3 is 23.8 Å². The number of nitrogens with zero attached hydrogens (tertiary/aromatic N) is 2. The van der Waals surface area contributed by atoms with Gasteiger partial charge in [0, 0.05) is 19.0 Å². The molecule has 222 valence electrons. The molecule has 13 heteroatoms. The fourth-order valence-electron chi connectivity index (χ4n) is 5.13. The van der Waals surface area contributed by atoms with Crippen molar-refractivity contribution in [2.24, 2.45) is 0 Å². The first-order chi connectivity index (χ1) is 20.7. The minimum absolute atomic E-state index is 0.0765. The van der Waals surface area contributed by atoms with Crippen LogP contribution in [0.1, 0.15) is 28.8 Å². The van der Waals surface area contributed by atoms with E-state index < -0.39 is 41.5 Å². The van der Waals surface area contributed by atoms with Crippen LogP contribution in [0.3, 0.4) is 0 Å². The summed E-state index contributed by atoms with van der Waals surface area (Å²) in [4.78, 5) is 53.9. The molecule has 3 aliphatic heterocycles. The molecule has 3 aromatic carbocycles. The number of piperidine rings is 1. The van der Waals surface area contributed by atoms with Crippen LogP contribution in [0.2, 0.25) is 0 Å². The van der Waals surface area contributed by atoms with Gasteiger partial charge in [0.1, 0.15) is 23.6 Å². The Morgan fingerprint density at radius 1 is 1.00 bits per heavy atom. The van der Waals surface area contributed by atoms with Gasteiger partial charge in [-0.15, -0.1) is 0 Å². The number of imide groups is 1. The fourth-order valence-corrected chi connectivity index (χ4v) is 5.13. The molecule has 1 N–H and O–H groups in total. The van der Waals surface area contributed by atoms with E-state index in [1.165, 1.54) is 35.1 Å². The number of amides is 4. The first-order valence-electron chi connectivity index (χ1n) is 13.4. The van der Waals surface area contributed by atoms with Crippen LogP contribution in [0.15, 0.2) is 54.6 Å². The molecule has 3 aliphatic rings. The average molecular weight is 594 g/mol. The third kappa shape index (κ3) is 5.34. The predicted octanol–water partition coefficient (Wildman–Crippen LogP) is 4.20. The molecule has 0 bridgehead atoms. The summed E-state index contributed by atoms with van der Waals surface area (Å²) >= 11 is 0. The lowest BCUT2D eigenvalue weighted by Crippen LogP contribution is -2.52. The number of halogens is 2. The van der Waals surface area contributed by atoms with E-state index in [1.54, 1.807) is 24.3 Å². The molecular weight excluding hydrogens is 568 g/mol. The minimum atomic E-state index is -1.06. The zero-order valence-electron chi connectivity index (χ0n) is 22.8. The number of anilines is 2. The van der Waals surface area contributed by atoms with E-state index in [-0.39, 0.29) is 67.2 Å². The number of fused-ring (bicyclic) bond motifs is 1. The van der Waals surface area contributed by atoms with E-state index in [2.05, 4.69) is 5.32 Å². The van der Waals surface area contributed by atoms with Crippen LogP contribution in [0, 0.1) is 11.6 Å². The van der Waals surface area contributed by atoms with E-state index in [4.69, 9.17) is 18.9 Å². The first kappa shape index (κ1) is 28.1. The highest BCUT2D eigenvalue weighted by Crippen LogP contribution is 2.44. The van der Waals surface area contributed by atoms with Gasteiger partial charge in [-0.25, -0.2) is 18.5 Å². The molecule has 11 nitrogen and oxygen atoms in total. The zero-order valence-corrected chi connectivity index (χ0v) is 22.8. The van der Waals surface area contributed by atoms with Crippen LogP contribution in [-0.2, 0) is 25.6 Å². The molecule has 6 rings (SSSR count). The Morgan fingerprint density at radius 3 is 2.40 bits per heavy atom. The number of ether oxygens (including phenoxy) is 4. The number of benzene rings is 3. The quantitative estimate of drug-likeness (QED) is 0.405. The van der Waals surface area contributed by atoms with E-state index in [9.17, 15) is 28.0 Å². The van der Waals surface area contributed by atoms with Crippen LogP contribution < -0.4 is 19.7 Å². The Kier molecular flexibility index (Phi) is 7.40. The molecule has 2 fully saturated rings. The first-order valence-corrected chi connectivity index (χ1v) is 13.4. The van der Waals surface area contributed by atoms with Crippen LogP contribution in [0.5, 0.6) is 17.2 Å². The zero-order chi connectivity index (χ0) is 30.2. The Hall–Kier alpha value is -5.04. The molecule has 3 heterocycles. The van der Waals surface area contributed by atoms with E-state index in [0.29, 0.717) is 11.3 Å². The number of hydrogen-bond acceptors (Lipinski definition) is 8. The lowest BCUT2D eigenvalue weighted by atomic mass is 10.0. The smallest absolute Gasteiger partial charge is 0.418 e. The molecule has 0 aromatic heterocycles. The molecular formula is C30H25F2N3O8. The molecule has 4 amide bonds. The number of carbonyl (C=O) groups excluding carboxylic acids is 4. The second kappa shape index (κ2) is 11.3. The maximum absolute atomic E-state index is 13.8. The third-order valence-electron chi connectivity index (χ3n) is 7.34. The number of rotatable bonds is 7.